The Kier molecular flexibility index (Phi) is 30.7. The van der Waals surface area contributed by atoms with Crippen molar-refractivity contribution in [3.8, 4) is 11.5 Å². The first kappa shape index (κ1) is 45.0. The van der Waals surface area contributed by atoms with E-state index in [2.05, 4.69) is 62.4 Å². The normalized spacial score (nSPS) is 11.3. The topological polar surface area (TPSA) is 73.8 Å². The molecule has 0 saturated carbocycles. The van der Waals surface area contributed by atoms with Gasteiger partial charge in [-0.25, -0.2) is 0 Å². The lowest BCUT2D eigenvalue weighted by molar-refractivity contribution is -0.0187. The molecule has 8 heteroatoms. The molecule has 0 fully saturated rings. The monoisotopic (exact) mass is 717 g/mol. The number of unbranched alkanes of at least 4 members (excludes halogenated alkanes) is 11. The third kappa shape index (κ3) is 28.0. The molecule has 0 amide bonds. The van der Waals surface area contributed by atoms with Crippen LogP contribution in [0.25, 0.3) is 0 Å². The molecule has 2 aromatic rings. The predicted octanol–water partition coefficient (Wildman–Crippen LogP) is 9.44. The van der Waals surface area contributed by atoms with Gasteiger partial charge in [0.15, 0.2) is 0 Å². The van der Waals surface area contributed by atoms with Crippen molar-refractivity contribution < 1.29 is 37.9 Å². The lowest BCUT2D eigenvalue weighted by Gasteiger charge is -2.09. The van der Waals surface area contributed by atoms with E-state index >= 15 is 0 Å². The van der Waals surface area contributed by atoms with E-state index in [1.54, 1.807) is 0 Å². The minimum atomic E-state index is 0.530. The SMILES string of the molecule is CCCCCCCCCc1ccc(OCCOCCOCCOCCOCCOCCOCCOc2ccc(CCCCCCCC)cc2)cc1. The van der Waals surface area contributed by atoms with Gasteiger partial charge >= 0.3 is 0 Å². The van der Waals surface area contributed by atoms with Gasteiger partial charge in [0.25, 0.3) is 0 Å². The van der Waals surface area contributed by atoms with Gasteiger partial charge < -0.3 is 37.9 Å². The van der Waals surface area contributed by atoms with Crippen molar-refractivity contribution in [3.63, 3.8) is 0 Å². The van der Waals surface area contributed by atoms with E-state index in [9.17, 15) is 0 Å². The van der Waals surface area contributed by atoms with Gasteiger partial charge in [0, 0.05) is 0 Å². The minimum absolute atomic E-state index is 0.530. The highest BCUT2D eigenvalue weighted by Gasteiger charge is 2.00. The third-order valence-electron chi connectivity index (χ3n) is 8.59. The summed E-state index contributed by atoms with van der Waals surface area (Å²) < 4.78 is 45.0. The largest absolute Gasteiger partial charge is 0.491 e. The van der Waals surface area contributed by atoms with Gasteiger partial charge in [-0.1, -0.05) is 109 Å². The second kappa shape index (κ2) is 34.9. The molecule has 51 heavy (non-hydrogen) atoms. The quantitative estimate of drug-likeness (QED) is 0.0637. The zero-order valence-electron chi connectivity index (χ0n) is 32.4. The van der Waals surface area contributed by atoms with Crippen LogP contribution in [0.3, 0.4) is 0 Å². The van der Waals surface area contributed by atoms with Crippen LogP contribution in [0.2, 0.25) is 0 Å². The Balaban J connectivity index is 1.24. The molecule has 0 unspecified atom stereocenters. The molecule has 0 saturated heterocycles. The molecular formula is C43H72O8. The van der Waals surface area contributed by atoms with Crippen molar-refractivity contribution in [3.05, 3.63) is 59.7 Å². The van der Waals surface area contributed by atoms with E-state index in [1.807, 2.05) is 0 Å². The maximum Gasteiger partial charge on any atom is 0.119 e. The number of rotatable bonds is 38. The van der Waals surface area contributed by atoms with E-state index in [0.717, 1.165) is 24.3 Å². The van der Waals surface area contributed by atoms with Crippen LogP contribution in [-0.2, 0) is 41.3 Å². The van der Waals surface area contributed by atoms with Gasteiger partial charge in [-0.15, -0.1) is 0 Å². The molecule has 0 N–H and O–H groups in total. The lowest BCUT2D eigenvalue weighted by Crippen LogP contribution is -2.15. The summed E-state index contributed by atoms with van der Waals surface area (Å²) in [6.45, 7) is 12.0. The van der Waals surface area contributed by atoms with Crippen molar-refractivity contribution in [1.82, 2.24) is 0 Å². The smallest absolute Gasteiger partial charge is 0.119 e. The molecule has 0 aliphatic heterocycles. The summed E-state index contributed by atoms with van der Waals surface area (Å²) in [6, 6.07) is 16.9. The summed E-state index contributed by atoms with van der Waals surface area (Å²) in [7, 11) is 0. The average Bonchev–Trinajstić information content (AvgIpc) is 3.16. The summed E-state index contributed by atoms with van der Waals surface area (Å²) in [5.74, 6) is 1.78. The van der Waals surface area contributed by atoms with Crippen molar-refractivity contribution in [1.29, 1.82) is 0 Å². The van der Waals surface area contributed by atoms with E-state index in [0.29, 0.717) is 92.5 Å². The van der Waals surface area contributed by atoms with Crippen LogP contribution >= 0.6 is 0 Å². The molecular weight excluding hydrogens is 644 g/mol. The van der Waals surface area contributed by atoms with E-state index < -0.39 is 0 Å². The number of ether oxygens (including phenoxy) is 8. The second-order valence-corrected chi connectivity index (χ2v) is 13.0. The van der Waals surface area contributed by atoms with Crippen LogP contribution in [0.15, 0.2) is 48.5 Å². The fraction of sp³-hybridized carbons (Fsp3) is 0.721. The first-order valence-corrected chi connectivity index (χ1v) is 20.2. The lowest BCUT2D eigenvalue weighted by atomic mass is 10.0. The van der Waals surface area contributed by atoms with Gasteiger partial charge in [-0.2, -0.15) is 0 Å². The van der Waals surface area contributed by atoms with Gasteiger partial charge in [0.2, 0.25) is 0 Å². The highest BCUT2D eigenvalue weighted by atomic mass is 16.6. The molecule has 0 aromatic heterocycles. The number of hydrogen-bond donors (Lipinski definition) is 0. The van der Waals surface area contributed by atoms with Crippen molar-refractivity contribution in [2.45, 2.75) is 110 Å². The Bertz CT molecular complexity index is 985. The fourth-order valence-corrected chi connectivity index (χ4v) is 5.54. The van der Waals surface area contributed by atoms with E-state index in [4.69, 9.17) is 37.9 Å². The van der Waals surface area contributed by atoms with Crippen LogP contribution in [-0.4, -0.2) is 92.5 Å². The summed E-state index contributed by atoms with van der Waals surface area (Å²) in [5, 5.41) is 0. The molecule has 8 nitrogen and oxygen atoms in total. The van der Waals surface area contributed by atoms with Crippen molar-refractivity contribution in [2.75, 3.05) is 92.5 Å². The zero-order chi connectivity index (χ0) is 36.1. The fourth-order valence-electron chi connectivity index (χ4n) is 5.54. The standard InChI is InChI=1S/C43H72O8/c1-3-5-7-9-11-13-15-17-41-20-24-43(25-21-41)51-39-37-49-35-33-47-31-29-45-27-26-44-28-30-46-32-34-48-36-38-50-42-22-18-40(19-23-42)16-14-12-10-8-6-4-2/h18-25H,3-17,26-39H2,1-2H3. The Labute approximate surface area is 311 Å². The van der Waals surface area contributed by atoms with Gasteiger partial charge in [-0.05, 0) is 61.1 Å². The van der Waals surface area contributed by atoms with Crippen LogP contribution in [0.1, 0.15) is 108 Å². The summed E-state index contributed by atoms with van der Waals surface area (Å²) in [4.78, 5) is 0. The summed E-state index contributed by atoms with van der Waals surface area (Å²) >= 11 is 0. The first-order chi connectivity index (χ1) is 25.3. The zero-order valence-corrected chi connectivity index (χ0v) is 32.4. The Morgan fingerprint density at radius 3 is 0.843 bits per heavy atom. The molecule has 0 aliphatic carbocycles. The molecule has 0 heterocycles. The third-order valence-corrected chi connectivity index (χ3v) is 8.59. The maximum atomic E-state index is 5.79. The molecule has 2 rings (SSSR count). The molecule has 292 valence electrons. The molecule has 0 bridgehead atoms. The Morgan fingerprint density at radius 2 is 0.549 bits per heavy atom. The van der Waals surface area contributed by atoms with Crippen LogP contribution in [0.4, 0.5) is 0 Å². The van der Waals surface area contributed by atoms with Crippen molar-refractivity contribution >= 4 is 0 Å². The molecule has 0 atom stereocenters. The number of benzene rings is 2. The van der Waals surface area contributed by atoms with Crippen LogP contribution in [0, 0.1) is 0 Å². The Hall–Kier alpha value is -2.20. The van der Waals surface area contributed by atoms with Crippen LogP contribution in [0.5, 0.6) is 11.5 Å². The van der Waals surface area contributed by atoms with Gasteiger partial charge in [-0.3, -0.25) is 0 Å². The first-order valence-electron chi connectivity index (χ1n) is 20.2. The average molecular weight is 717 g/mol. The predicted molar refractivity (Wildman–Crippen MR) is 208 cm³/mol. The minimum Gasteiger partial charge on any atom is -0.491 e. The molecule has 0 aliphatic rings. The van der Waals surface area contributed by atoms with Crippen molar-refractivity contribution in [2.24, 2.45) is 0 Å². The number of aryl methyl sites for hydroxylation is 2. The highest BCUT2D eigenvalue weighted by Crippen LogP contribution is 2.16. The molecule has 0 radical (unpaired) electrons. The maximum absolute atomic E-state index is 5.79. The summed E-state index contributed by atoms with van der Waals surface area (Å²) in [5.41, 5.74) is 2.77. The Morgan fingerprint density at radius 1 is 0.294 bits per heavy atom. The van der Waals surface area contributed by atoms with Gasteiger partial charge in [0.1, 0.15) is 24.7 Å². The second-order valence-electron chi connectivity index (χ2n) is 13.0. The number of hydrogen-bond acceptors (Lipinski definition) is 8. The van der Waals surface area contributed by atoms with E-state index in [1.165, 1.54) is 94.6 Å². The summed E-state index contributed by atoms with van der Waals surface area (Å²) in [6.07, 6.45) is 19.7. The highest BCUT2D eigenvalue weighted by molar-refractivity contribution is 5.28. The van der Waals surface area contributed by atoms with E-state index in [-0.39, 0.29) is 0 Å². The molecule has 0 spiro atoms. The van der Waals surface area contributed by atoms with Gasteiger partial charge in [0.05, 0.1) is 79.3 Å². The van der Waals surface area contributed by atoms with Crippen LogP contribution < -0.4 is 9.47 Å². The molecule has 2 aromatic carbocycles.